The molecule has 2 rings (SSSR count). The Morgan fingerprint density at radius 2 is 1.62 bits per heavy atom. The molecule has 2 aromatic rings. The predicted molar refractivity (Wildman–Crippen MR) is 55.9 cm³/mol. The molecule has 0 fully saturated rings. The minimum atomic E-state index is -1.40. The van der Waals surface area contributed by atoms with Gasteiger partial charge in [-0.05, 0) is 35.0 Å². The molecule has 3 N–H and O–H groups in total. The second-order valence-electron chi connectivity index (χ2n) is 3.22. The van der Waals surface area contributed by atoms with E-state index in [1.807, 2.05) is 0 Å². The highest BCUT2D eigenvalue weighted by Crippen LogP contribution is 2.31. The number of phenolic OH excluding ortho intramolecular Hbond substituents is 2. The van der Waals surface area contributed by atoms with Crippen molar-refractivity contribution < 1.29 is 24.9 Å². The molecule has 82 valence electrons. The van der Waals surface area contributed by atoms with Gasteiger partial charge in [-0.3, -0.25) is 0 Å². The van der Waals surface area contributed by atoms with Crippen molar-refractivity contribution in [3.63, 3.8) is 0 Å². The van der Waals surface area contributed by atoms with Gasteiger partial charge in [0.25, 0.3) is 0 Å². The quantitative estimate of drug-likeness (QED) is 0.390. The van der Waals surface area contributed by atoms with Gasteiger partial charge in [-0.1, -0.05) is 6.07 Å². The maximum atomic E-state index is 10.3. The first-order chi connectivity index (χ1) is 7.56. The number of hydrogen-bond donors (Lipinski definition) is 3. The van der Waals surface area contributed by atoms with Gasteiger partial charge < -0.3 is 20.1 Å². The second-order valence-corrected chi connectivity index (χ2v) is 3.22. The van der Waals surface area contributed by atoms with Gasteiger partial charge in [-0.25, -0.2) is 4.79 Å². The zero-order valence-corrected chi connectivity index (χ0v) is 8.04. The smallest absolute Gasteiger partial charge is 0.504 e. The Kier molecular flexibility index (Phi) is 2.28. The maximum Gasteiger partial charge on any atom is 0.511 e. The van der Waals surface area contributed by atoms with Gasteiger partial charge in [0.05, 0.1) is 0 Å². The summed E-state index contributed by atoms with van der Waals surface area (Å²) in [6.45, 7) is 0. The molecule has 0 amide bonds. The summed E-state index contributed by atoms with van der Waals surface area (Å²) in [6.07, 6.45) is -1.40. The SMILES string of the molecule is O=C(O)Oc1ccc2cc(O)c(O)cc2c1. The highest BCUT2D eigenvalue weighted by Gasteiger charge is 2.05. The Bertz CT molecular complexity index is 562. The van der Waals surface area contributed by atoms with Crippen LogP contribution in [0.3, 0.4) is 0 Å². The normalized spacial score (nSPS) is 10.2. The number of rotatable bonds is 1. The number of ether oxygens (including phenoxy) is 1. The molecule has 0 aliphatic rings. The number of carbonyl (C=O) groups is 1. The summed E-state index contributed by atoms with van der Waals surface area (Å²) in [6, 6.07) is 7.23. The molecule has 0 saturated carbocycles. The lowest BCUT2D eigenvalue weighted by Crippen LogP contribution is -2.02. The zero-order valence-electron chi connectivity index (χ0n) is 8.04. The van der Waals surface area contributed by atoms with E-state index < -0.39 is 6.16 Å². The van der Waals surface area contributed by atoms with Gasteiger partial charge in [0, 0.05) is 0 Å². The van der Waals surface area contributed by atoms with Crippen LogP contribution in [-0.4, -0.2) is 21.5 Å². The van der Waals surface area contributed by atoms with Crippen LogP contribution in [-0.2, 0) is 0 Å². The van der Waals surface area contributed by atoms with Crippen LogP contribution in [0.5, 0.6) is 17.2 Å². The van der Waals surface area contributed by atoms with E-state index in [1.165, 1.54) is 24.3 Å². The van der Waals surface area contributed by atoms with Gasteiger partial charge in [0.2, 0.25) is 0 Å². The topological polar surface area (TPSA) is 87.0 Å². The van der Waals surface area contributed by atoms with Gasteiger partial charge in [0.15, 0.2) is 11.5 Å². The molecule has 5 nitrogen and oxygen atoms in total. The fourth-order valence-electron chi connectivity index (χ4n) is 1.42. The fourth-order valence-corrected chi connectivity index (χ4v) is 1.42. The van der Waals surface area contributed by atoms with Crippen LogP contribution in [0.1, 0.15) is 0 Å². The highest BCUT2D eigenvalue weighted by atomic mass is 16.7. The minimum absolute atomic E-state index is 0.157. The Hall–Kier alpha value is -2.43. The molecule has 0 unspecified atom stereocenters. The summed E-state index contributed by atoms with van der Waals surface area (Å²) in [7, 11) is 0. The lowest BCUT2D eigenvalue weighted by Gasteiger charge is -2.04. The standard InChI is InChI=1S/C11H8O5/c12-9-4-6-1-2-8(16-11(14)15)3-7(6)5-10(9)13/h1-5,12-13H,(H,14,15). The van der Waals surface area contributed by atoms with E-state index in [-0.39, 0.29) is 17.2 Å². The first kappa shape index (κ1) is 10.1. The van der Waals surface area contributed by atoms with Crippen LogP contribution >= 0.6 is 0 Å². The molecular weight excluding hydrogens is 212 g/mol. The molecule has 0 aromatic heterocycles. The van der Waals surface area contributed by atoms with Gasteiger partial charge >= 0.3 is 6.16 Å². The summed E-state index contributed by atoms with van der Waals surface area (Å²) in [4.78, 5) is 10.3. The summed E-state index contributed by atoms with van der Waals surface area (Å²) in [5.41, 5.74) is 0. The predicted octanol–water partition coefficient (Wildman–Crippen LogP) is 2.31. The van der Waals surface area contributed by atoms with Crippen LogP contribution in [0.4, 0.5) is 4.79 Å². The number of hydrogen-bond acceptors (Lipinski definition) is 4. The van der Waals surface area contributed by atoms with Gasteiger partial charge in [-0.15, -0.1) is 0 Å². The fraction of sp³-hybridized carbons (Fsp3) is 0. The molecule has 16 heavy (non-hydrogen) atoms. The lowest BCUT2D eigenvalue weighted by atomic mass is 10.1. The van der Waals surface area contributed by atoms with Crippen molar-refractivity contribution >= 4 is 16.9 Å². The molecule has 0 saturated heterocycles. The Balaban J connectivity index is 2.53. The third kappa shape index (κ3) is 1.83. The molecule has 0 radical (unpaired) electrons. The summed E-state index contributed by atoms with van der Waals surface area (Å²) in [5, 5.41) is 28.2. The van der Waals surface area contributed by atoms with Crippen LogP contribution < -0.4 is 4.74 Å². The number of aromatic hydroxyl groups is 2. The number of carboxylic acid groups (broad SMARTS) is 1. The van der Waals surface area contributed by atoms with E-state index in [0.717, 1.165) is 0 Å². The molecule has 0 heterocycles. The van der Waals surface area contributed by atoms with Crippen LogP contribution in [0.15, 0.2) is 30.3 Å². The zero-order chi connectivity index (χ0) is 11.7. The molecular formula is C11H8O5. The highest BCUT2D eigenvalue weighted by molar-refractivity contribution is 5.87. The van der Waals surface area contributed by atoms with Crippen LogP contribution in [0, 0.1) is 0 Å². The van der Waals surface area contributed by atoms with Crippen molar-refractivity contribution in [1.29, 1.82) is 0 Å². The number of benzene rings is 2. The van der Waals surface area contributed by atoms with E-state index in [4.69, 9.17) is 5.11 Å². The first-order valence-electron chi connectivity index (χ1n) is 4.43. The lowest BCUT2D eigenvalue weighted by molar-refractivity contribution is 0.144. The summed E-state index contributed by atoms with van der Waals surface area (Å²) >= 11 is 0. The van der Waals surface area contributed by atoms with E-state index >= 15 is 0 Å². The van der Waals surface area contributed by atoms with Crippen LogP contribution in [0.25, 0.3) is 10.8 Å². The first-order valence-corrected chi connectivity index (χ1v) is 4.43. The minimum Gasteiger partial charge on any atom is -0.504 e. The Labute approximate surface area is 90.1 Å². The molecule has 2 aromatic carbocycles. The summed E-state index contributed by atoms with van der Waals surface area (Å²) < 4.78 is 4.46. The van der Waals surface area contributed by atoms with Crippen molar-refractivity contribution in [3.05, 3.63) is 30.3 Å². The van der Waals surface area contributed by atoms with Crippen molar-refractivity contribution in [2.45, 2.75) is 0 Å². The molecule has 0 aliphatic heterocycles. The molecule has 0 atom stereocenters. The number of phenols is 2. The van der Waals surface area contributed by atoms with Crippen molar-refractivity contribution in [3.8, 4) is 17.2 Å². The van der Waals surface area contributed by atoms with Crippen LogP contribution in [0.2, 0.25) is 0 Å². The largest absolute Gasteiger partial charge is 0.511 e. The molecule has 0 bridgehead atoms. The third-order valence-electron chi connectivity index (χ3n) is 2.11. The van der Waals surface area contributed by atoms with E-state index in [0.29, 0.717) is 10.8 Å². The van der Waals surface area contributed by atoms with E-state index in [9.17, 15) is 15.0 Å². The average molecular weight is 220 g/mol. The molecule has 5 heteroatoms. The Morgan fingerprint density at radius 3 is 2.25 bits per heavy atom. The van der Waals surface area contributed by atoms with E-state index in [1.54, 1.807) is 6.07 Å². The number of fused-ring (bicyclic) bond motifs is 1. The van der Waals surface area contributed by atoms with Crippen molar-refractivity contribution in [2.24, 2.45) is 0 Å². The average Bonchev–Trinajstić information content (AvgIpc) is 2.19. The second kappa shape index (κ2) is 3.62. The maximum absolute atomic E-state index is 10.3. The van der Waals surface area contributed by atoms with E-state index in [2.05, 4.69) is 4.74 Å². The van der Waals surface area contributed by atoms with Gasteiger partial charge in [0.1, 0.15) is 5.75 Å². The monoisotopic (exact) mass is 220 g/mol. The third-order valence-corrected chi connectivity index (χ3v) is 2.11. The van der Waals surface area contributed by atoms with Crippen molar-refractivity contribution in [1.82, 2.24) is 0 Å². The summed E-state index contributed by atoms with van der Waals surface area (Å²) in [5.74, 6) is -0.329. The molecule has 0 spiro atoms. The van der Waals surface area contributed by atoms with Gasteiger partial charge in [-0.2, -0.15) is 0 Å². The molecule has 0 aliphatic carbocycles. The van der Waals surface area contributed by atoms with Crippen molar-refractivity contribution in [2.75, 3.05) is 0 Å². The Morgan fingerprint density at radius 1 is 1.00 bits per heavy atom.